The number of carbonyl (C=O) groups excluding carboxylic acids is 1. The molecule has 14 heavy (non-hydrogen) atoms. The summed E-state index contributed by atoms with van der Waals surface area (Å²) in [4.78, 5) is 11.7. The average molecular weight is 198 g/mol. The van der Waals surface area contributed by atoms with E-state index in [4.69, 9.17) is 4.74 Å². The molecule has 2 N–H and O–H groups in total. The third-order valence-electron chi connectivity index (χ3n) is 2.93. The topological polar surface area (TPSA) is 50.4 Å². The van der Waals surface area contributed by atoms with Crippen LogP contribution < -0.4 is 10.6 Å². The van der Waals surface area contributed by atoms with Gasteiger partial charge in [-0.25, -0.2) is 0 Å². The third kappa shape index (κ3) is 2.07. The third-order valence-corrected chi connectivity index (χ3v) is 2.93. The predicted molar refractivity (Wildman–Crippen MR) is 53.0 cm³/mol. The molecular formula is C10H18N2O2. The van der Waals surface area contributed by atoms with E-state index in [0.29, 0.717) is 0 Å². The molecular weight excluding hydrogens is 180 g/mol. The summed E-state index contributed by atoms with van der Waals surface area (Å²) >= 11 is 0. The van der Waals surface area contributed by atoms with Crippen molar-refractivity contribution in [2.24, 2.45) is 0 Å². The molecule has 2 aliphatic rings. The Bertz CT molecular complexity index is 220. The van der Waals surface area contributed by atoms with Crippen LogP contribution in [0.25, 0.3) is 0 Å². The number of amides is 1. The molecule has 0 spiro atoms. The Hall–Kier alpha value is -0.610. The molecule has 2 rings (SSSR count). The predicted octanol–water partition coefficient (Wildman–Crippen LogP) is 0.0336. The summed E-state index contributed by atoms with van der Waals surface area (Å²) in [6.45, 7) is 4.52. The number of rotatable bonds is 2. The van der Waals surface area contributed by atoms with Gasteiger partial charge in [-0.2, -0.15) is 0 Å². The summed E-state index contributed by atoms with van der Waals surface area (Å²) in [5.41, 5.74) is -0.0438. The van der Waals surface area contributed by atoms with Gasteiger partial charge in [0.05, 0.1) is 5.54 Å². The van der Waals surface area contributed by atoms with Crippen LogP contribution >= 0.6 is 0 Å². The van der Waals surface area contributed by atoms with Crippen molar-refractivity contribution < 1.29 is 9.53 Å². The molecule has 1 unspecified atom stereocenters. The fourth-order valence-corrected chi connectivity index (χ4v) is 1.91. The zero-order chi connectivity index (χ0) is 10.0. The molecule has 4 nitrogen and oxygen atoms in total. The molecule has 0 radical (unpaired) electrons. The normalized spacial score (nSPS) is 30.5. The smallest absolute Gasteiger partial charge is 0.249 e. The lowest BCUT2D eigenvalue weighted by molar-refractivity contribution is -0.137. The number of carbonyl (C=O) groups is 1. The lowest BCUT2D eigenvalue weighted by atomic mass is 9.94. The van der Waals surface area contributed by atoms with Crippen LogP contribution in [0.4, 0.5) is 0 Å². The molecule has 80 valence electrons. The second kappa shape index (κ2) is 3.87. The van der Waals surface area contributed by atoms with E-state index in [1.54, 1.807) is 0 Å². The highest BCUT2D eigenvalue weighted by Gasteiger charge is 2.35. The largest absolute Gasteiger partial charge is 0.368 e. The van der Waals surface area contributed by atoms with Crippen molar-refractivity contribution in [3.05, 3.63) is 0 Å². The molecule has 0 aromatic heterocycles. The lowest BCUT2D eigenvalue weighted by Crippen LogP contribution is -2.68. The van der Waals surface area contributed by atoms with Crippen molar-refractivity contribution >= 4 is 5.91 Å². The van der Waals surface area contributed by atoms with E-state index >= 15 is 0 Å². The van der Waals surface area contributed by atoms with Gasteiger partial charge in [0.25, 0.3) is 0 Å². The molecule has 2 heterocycles. The summed E-state index contributed by atoms with van der Waals surface area (Å²) in [5, 5.41) is 6.19. The van der Waals surface area contributed by atoms with E-state index in [1.165, 1.54) is 0 Å². The van der Waals surface area contributed by atoms with Crippen molar-refractivity contribution in [3.8, 4) is 0 Å². The first-order chi connectivity index (χ1) is 6.70. The molecule has 2 fully saturated rings. The summed E-state index contributed by atoms with van der Waals surface area (Å²) in [7, 11) is 0. The zero-order valence-electron chi connectivity index (χ0n) is 8.64. The van der Waals surface area contributed by atoms with Crippen LogP contribution in [0.15, 0.2) is 0 Å². The lowest BCUT2D eigenvalue weighted by Gasteiger charge is -2.41. The maximum Gasteiger partial charge on any atom is 0.249 e. The summed E-state index contributed by atoms with van der Waals surface area (Å²) in [6, 6.07) is 0. The molecule has 2 saturated heterocycles. The highest BCUT2D eigenvalue weighted by Crippen LogP contribution is 2.15. The molecule has 1 atom stereocenters. The Morgan fingerprint density at radius 3 is 2.79 bits per heavy atom. The fraction of sp³-hybridized carbons (Fsp3) is 0.900. The van der Waals surface area contributed by atoms with E-state index in [2.05, 4.69) is 17.6 Å². The van der Waals surface area contributed by atoms with Gasteiger partial charge in [0.15, 0.2) is 0 Å². The molecule has 0 aromatic carbocycles. The van der Waals surface area contributed by atoms with Gasteiger partial charge in [0.2, 0.25) is 5.91 Å². The Morgan fingerprint density at radius 1 is 1.50 bits per heavy atom. The van der Waals surface area contributed by atoms with Crippen LogP contribution in [0.2, 0.25) is 0 Å². The summed E-state index contributed by atoms with van der Waals surface area (Å²) in [6.07, 6.45) is 2.85. The van der Waals surface area contributed by atoms with E-state index in [0.717, 1.165) is 39.0 Å². The second-order valence-electron chi connectivity index (χ2n) is 4.51. The van der Waals surface area contributed by atoms with Gasteiger partial charge >= 0.3 is 0 Å². The van der Waals surface area contributed by atoms with Gasteiger partial charge in [-0.15, -0.1) is 0 Å². The van der Waals surface area contributed by atoms with Gasteiger partial charge in [-0.3, -0.25) is 4.79 Å². The van der Waals surface area contributed by atoms with Crippen molar-refractivity contribution in [1.29, 1.82) is 0 Å². The van der Waals surface area contributed by atoms with Gasteiger partial charge < -0.3 is 15.4 Å². The molecule has 4 heteroatoms. The minimum Gasteiger partial charge on any atom is -0.368 e. The first kappa shape index (κ1) is 9.93. The zero-order valence-corrected chi connectivity index (χ0v) is 8.64. The first-order valence-electron chi connectivity index (χ1n) is 5.34. The standard InChI is InChI=1S/C10H18N2O2/c1-10(6-11-7-10)12-9(13)8-4-2-3-5-14-8/h8,11H,2-7H2,1H3,(H,12,13). The van der Waals surface area contributed by atoms with Gasteiger partial charge in [0, 0.05) is 19.7 Å². The average Bonchev–Trinajstić information content (AvgIpc) is 2.17. The summed E-state index contributed by atoms with van der Waals surface area (Å²) < 4.78 is 5.42. The molecule has 2 aliphatic heterocycles. The van der Waals surface area contributed by atoms with Gasteiger partial charge in [-0.1, -0.05) is 0 Å². The van der Waals surface area contributed by atoms with Crippen molar-refractivity contribution in [3.63, 3.8) is 0 Å². The Balaban J connectivity index is 1.81. The van der Waals surface area contributed by atoms with E-state index in [9.17, 15) is 4.79 Å². The number of ether oxygens (including phenoxy) is 1. The monoisotopic (exact) mass is 198 g/mol. The van der Waals surface area contributed by atoms with E-state index in [1.807, 2.05) is 0 Å². The first-order valence-corrected chi connectivity index (χ1v) is 5.34. The highest BCUT2D eigenvalue weighted by molar-refractivity contribution is 5.81. The molecule has 0 aliphatic carbocycles. The van der Waals surface area contributed by atoms with Crippen molar-refractivity contribution in [1.82, 2.24) is 10.6 Å². The number of hydrogen-bond donors (Lipinski definition) is 2. The number of hydrogen-bond acceptors (Lipinski definition) is 3. The van der Waals surface area contributed by atoms with Crippen LogP contribution in [0.5, 0.6) is 0 Å². The Labute approximate surface area is 84.4 Å². The maximum atomic E-state index is 11.7. The minimum atomic E-state index is -0.207. The second-order valence-corrected chi connectivity index (χ2v) is 4.51. The quantitative estimate of drug-likeness (QED) is 0.658. The van der Waals surface area contributed by atoms with Crippen LogP contribution in [0.3, 0.4) is 0 Å². The van der Waals surface area contributed by atoms with Gasteiger partial charge in [-0.05, 0) is 26.2 Å². The van der Waals surface area contributed by atoms with Crippen LogP contribution in [0.1, 0.15) is 26.2 Å². The highest BCUT2D eigenvalue weighted by atomic mass is 16.5. The maximum absolute atomic E-state index is 11.7. The molecule has 1 amide bonds. The molecule has 0 bridgehead atoms. The minimum absolute atomic E-state index is 0.0438. The Kier molecular flexibility index (Phi) is 2.74. The van der Waals surface area contributed by atoms with E-state index < -0.39 is 0 Å². The van der Waals surface area contributed by atoms with Crippen molar-refractivity contribution in [2.75, 3.05) is 19.7 Å². The van der Waals surface area contributed by atoms with Crippen LogP contribution in [0, 0.1) is 0 Å². The van der Waals surface area contributed by atoms with Gasteiger partial charge in [0.1, 0.15) is 6.10 Å². The van der Waals surface area contributed by atoms with Crippen molar-refractivity contribution in [2.45, 2.75) is 37.8 Å². The molecule has 0 aromatic rings. The van der Waals surface area contributed by atoms with Crippen LogP contribution in [-0.4, -0.2) is 37.2 Å². The van der Waals surface area contributed by atoms with Crippen LogP contribution in [-0.2, 0) is 9.53 Å². The Morgan fingerprint density at radius 2 is 2.29 bits per heavy atom. The number of nitrogens with one attached hydrogen (secondary N) is 2. The van der Waals surface area contributed by atoms with E-state index in [-0.39, 0.29) is 17.6 Å². The summed E-state index contributed by atoms with van der Waals surface area (Å²) in [5.74, 6) is 0.0636. The molecule has 0 saturated carbocycles. The SMILES string of the molecule is CC1(NC(=O)C2CCCCO2)CNC1. The fourth-order valence-electron chi connectivity index (χ4n) is 1.91.